The molecule has 0 amide bonds. The van der Waals surface area contributed by atoms with Gasteiger partial charge in [0.15, 0.2) is 0 Å². The number of nitrogens with one attached hydrogen (secondary N) is 1. The number of hydrogen-bond acceptors (Lipinski definition) is 3. The van der Waals surface area contributed by atoms with E-state index < -0.39 is 11.6 Å². The first-order chi connectivity index (χ1) is 10.2. The molecule has 0 bridgehead atoms. The Kier molecular flexibility index (Phi) is 3.59. The van der Waals surface area contributed by atoms with Crippen LogP contribution in [0.4, 0.5) is 14.5 Å². The fourth-order valence-corrected chi connectivity index (χ4v) is 2.02. The summed E-state index contributed by atoms with van der Waals surface area (Å²) in [4.78, 5) is 3.90. The first kappa shape index (κ1) is 13.2. The minimum Gasteiger partial charge on any atom is -0.379 e. The van der Waals surface area contributed by atoms with Crippen molar-refractivity contribution in [3.63, 3.8) is 0 Å². The minimum atomic E-state index is -0.460. The maximum Gasteiger partial charge on any atom is 0.138 e. The van der Waals surface area contributed by atoms with Gasteiger partial charge >= 0.3 is 0 Å². The van der Waals surface area contributed by atoms with E-state index in [1.165, 1.54) is 12.4 Å². The Morgan fingerprint density at radius 3 is 2.76 bits per heavy atom. The highest BCUT2D eigenvalue weighted by atomic mass is 19.1. The van der Waals surface area contributed by atoms with Crippen molar-refractivity contribution in [1.29, 1.82) is 0 Å². The van der Waals surface area contributed by atoms with Crippen LogP contribution in [0.15, 0.2) is 55.1 Å². The highest BCUT2D eigenvalue weighted by Gasteiger charge is 2.07. The predicted molar refractivity (Wildman–Crippen MR) is 75.0 cm³/mol. The first-order valence-electron chi connectivity index (χ1n) is 6.36. The van der Waals surface area contributed by atoms with E-state index >= 15 is 0 Å². The van der Waals surface area contributed by atoms with Crippen LogP contribution in [-0.4, -0.2) is 14.8 Å². The average Bonchev–Trinajstić information content (AvgIpc) is 3.03. The zero-order valence-corrected chi connectivity index (χ0v) is 11.0. The smallest absolute Gasteiger partial charge is 0.138 e. The normalized spacial score (nSPS) is 10.6. The van der Waals surface area contributed by atoms with E-state index in [1.807, 2.05) is 24.3 Å². The van der Waals surface area contributed by atoms with Crippen molar-refractivity contribution in [3.8, 4) is 5.69 Å². The van der Waals surface area contributed by atoms with Crippen LogP contribution >= 0.6 is 0 Å². The van der Waals surface area contributed by atoms with Crippen LogP contribution in [0.25, 0.3) is 5.69 Å². The zero-order valence-electron chi connectivity index (χ0n) is 11.0. The highest BCUT2D eigenvalue weighted by Crippen LogP contribution is 2.20. The number of halogens is 2. The summed E-state index contributed by atoms with van der Waals surface area (Å²) in [5, 5.41) is 7.16. The molecule has 0 radical (unpaired) electrons. The third kappa shape index (κ3) is 2.89. The van der Waals surface area contributed by atoms with Crippen molar-refractivity contribution < 1.29 is 8.78 Å². The Morgan fingerprint density at radius 1 is 1.10 bits per heavy atom. The van der Waals surface area contributed by atoms with Crippen LogP contribution in [0.3, 0.4) is 0 Å². The first-order valence-corrected chi connectivity index (χ1v) is 6.36. The molecule has 0 fully saturated rings. The van der Waals surface area contributed by atoms with Gasteiger partial charge in [-0.3, -0.25) is 0 Å². The van der Waals surface area contributed by atoms with Gasteiger partial charge in [-0.15, -0.1) is 0 Å². The summed E-state index contributed by atoms with van der Waals surface area (Å²) in [7, 11) is 0. The lowest BCUT2D eigenvalue weighted by molar-refractivity contribution is 0.587. The van der Waals surface area contributed by atoms with Gasteiger partial charge in [0, 0.05) is 12.1 Å². The van der Waals surface area contributed by atoms with Gasteiger partial charge < -0.3 is 5.32 Å². The van der Waals surface area contributed by atoms with Gasteiger partial charge in [-0.25, -0.2) is 18.4 Å². The molecular weight excluding hydrogens is 274 g/mol. The fraction of sp³-hybridized carbons (Fsp3) is 0.0667. The van der Waals surface area contributed by atoms with Crippen molar-refractivity contribution in [2.24, 2.45) is 0 Å². The van der Waals surface area contributed by atoms with E-state index in [-0.39, 0.29) is 12.1 Å². The molecule has 1 N–H and O–H groups in total. The van der Waals surface area contributed by atoms with Crippen molar-refractivity contribution >= 4 is 5.69 Å². The van der Waals surface area contributed by atoms with E-state index in [9.17, 15) is 8.78 Å². The molecule has 6 heteroatoms. The predicted octanol–water partition coefficient (Wildman–Crippen LogP) is 3.16. The topological polar surface area (TPSA) is 42.7 Å². The highest BCUT2D eigenvalue weighted by molar-refractivity contribution is 5.60. The molecule has 0 aliphatic carbocycles. The van der Waals surface area contributed by atoms with Crippen molar-refractivity contribution in [3.05, 3.63) is 72.3 Å². The molecule has 0 atom stereocenters. The monoisotopic (exact) mass is 286 g/mol. The Balaban J connectivity index is 1.84. The number of anilines is 1. The molecule has 0 unspecified atom stereocenters. The third-order valence-corrected chi connectivity index (χ3v) is 3.05. The number of benzene rings is 2. The summed E-state index contributed by atoms with van der Waals surface area (Å²) in [6, 6.07) is 10.8. The lowest BCUT2D eigenvalue weighted by Crippen LogP contribution is -2.06. The van der Waals surface area contributed by atoms with Crippen molar-refractivity contribution in [2.75, 3.05) is 5.32 Å². The molecule has 0 saturated heterocycles. The quantitative estimate of drug-likeness (QED) is 0.801. The van der Waals surface area contributed by atoms with Crippen LogP contribution in [0.1, 0.15) is 5.56 Å². The van der Waals surface area contributed by atoms with Crippen LogP contribution < -0.4 is 5.32 Å². The largest absolute Gasteiger partial charge is 0.379 e. The summed E-state index contributed by atoms with van der Waals surface area (Å²) >= 11 is 0. The molecule has 0 aliphatic heterocycles. The van der Waals surface area contributed by atoms with E-state index in [0.29, 0.717) is 0 Å². The molecule has 1 heterocycles. The van der Waals surface area contributed by atoms with Gasteiger partial charge in [0.25, 0.3) is 0 Å². The van der Waals surface area contributed by atoms with Crippen molar-refractivity contribution in [1.82, 2.24) is 14.8 Å². The minimum absolute atomic E-state index is 0.176. The van der Waals surface area contributed by atoms with Crippen LogP contribution in [0.2, 0.25) is 0 Å². The summed E-state index contributed by atoms with van der Waals surface area (Å²) in [6.45, 7) is 0.176. The fourth-order valence-electron chi connectivity index (χ4n) is 2.02. The van der Waals surface area contributed by atoms with Gasteiger partial charge in [-0.1, -0.05) is 12.1 Å². The molecule has 2 aromatic carbocycles. The lowest BCUT2D eigenvalue weighted by atomic mass is 10.2. The Hall–Kier alpha value is -2.76. The van der Waals surface area contributed by atoms with E-state index in [4.69, 9.17) is 0 Å². The number of rotatable bonds is 4. The van der Waals surface area contributed by atoms with Gasteiger partial charge in [0.1, 0.15) is 24.3 Å². The summed E-state index contributed by atoms with van der Waals surface area (Å²) in [5.41, 5.74) is 1.81. The number of para-hydroxylation sites is 2. The second kappa shape index (κ2) is 5.70. The number of hydrogen-bond donors (Lipinski definition) is 1. The summed E-state index contributed by atoms with van der Waals surface area (Å²) in [5.74, 6) is -0.903. The summed E-state index contributed by atoms with van der Waals surface area (Å²) < 4.78 is 28.4. The van der Waals surface area contributed by atoms with E-state index in [0.717, 1.165) is 23.5 Å². The molecule has 3 aromatic rings. The number of nitrogens with zero attached hydrogens (tertiary/aromatic N) is 3. The van der Waals surface area contributed by atoms with E-state index in [1.54, 1.807) is 11.0 Å². The van der Waals surface area contributed by atoms with E-state index in [2.05, 4.69) is 15.4 Å². The van der Waals surface area contributed by atoms with Gasteiger partial charge in [0.05, 0.1) is 11.4 Å². The molecular formula is C15H12F2N4. The maximum atomic E-state index is 13.6. The second-order valence-corrected chi connectivity index (χ2v) is 4.45. The zero-order chi connectivity index (χ0) is 14.7. The summed E-state index contributed by atoms with van der Waals surface area (Å²) in [6.07, 6.45) is 3.01. The molecule has 0 aliphatic rings. The maximum absolute atomic E-state index is 13.6. The van der Waals surface area contributed by atoms with Crippen LogP contribution in [0, 0.1) is 11.6 Å². The van der Waals surface area contributed by atoms with Crippen LogP contribution in [-0.2, 0) is 6.54 Å². The average molecular weight is 286 g/mol. The Labute approximate surface area is 120 Å². The molecule has 4 nitrogen and oxygen atoms in total. The Morgan fingerprint density at radius 2 is 1.95 bits per heavy atom. The molecule has 0 spiro atoms. The van der Waals surface area contributed by atoms with Crippen molar-refractivity contribution in [2.45, 2.75) is 6.54 Å². The standard InChI is InChI=1S/C15H12F2N4/c16-12-5-6-13(17)11(7-12)8-19-14-3-1-2-4-15(14)21-10-18-9-20-21/h1-7,9-10,19H,8H2. The molecule has 0 saturated carbocycles. The van der Waals surface area contributed by atoms with Gasteiger partial charge in [0.2, 0.25) is 0 Å². The van der Waals surface area contributed by atoms with Gasteiger partial charge in [-0.2, -0.15) is 5.10 Å². The Bertz CT molecular complexity index is 741. The number of aromatic nitrogens is 3. The lowest BCUT2D eigenvalue weighted by Gasteiger charge is -2.12. The third-order valence-electron chi connectivity index (χ3n) is 3.05. The molecule has 106 valence electrons. The SMILES string of the molecule is Fc1ccc(F)c(CNc2ccccc2-n2cncn2)c1. The molecule has 1 aromatic heterocycles. The van der Waals surface area contributed by atoms with Gasteiger partial charge in [-0.05, 0) is 30.3 Å². The second-order valence-electron chi connectivity index (χ2n) is 4.45. The molecule has 3 rings (SSSR count). The molecule has 21 heavy (non-hydrogen) atoms. The van der Waals surface area contributed by atoms with Crippen LogP contribution in [0.5, 0.6) is 0 Å².